The second-order valence-electron chi connectivity index (χ2n) is 5.91. The van der Waals surface area contributed by atoms with E-state index in [4.69, 9.17) is 0 Å². The van der Waals surface area contributed by atoms with Crippen LogP contribution in [0.1, 0.15) is 26.3 Å². The molecule has 1 heterocycles. The molecule has 25 heavy (non-hydrogen) atoms. The molecule has 0 fully saturated rings. The molecule has 1 aliphatic rings. The normalized spacial score (nSPS) is 13.0. The minimum Gasteiger partial charge on any atom is -0.270 e. The highest BCUT2D eigenvalue weighted by Crippen LogP contribution is 2.32. The number of hydrogen-bond donors (Lipinski definition) is 0. The van der Waals surface area contributed by atoms with E-state index in [1.54, 1.807) is 12.1 Å². The molecule has 2 amide bonds. The molecule has 122 valence electrons. The summed E-state index contributed by atoms with van der Waals surface area (Å²) in [4.78, 5) is 27.1. The van der Waals surface area contributed by atoms with E-state index in [1.165, 1.54) is 23.1 Å². The van der Waals surface area contributed by atoms with Crippen molar-refractivity contribution in [1.29, 1.82) is 0 Å². The first-order valence-electron chi connectivity index (χ1n) is 7.94. The number of fused-ring (bicyclic) bond motifs is 3. The Kier molecular flexibility index (Phi) is 3.65. The number of imide groups is 1. The fraction of sp³-hybridized carbons (Fsp3) is 0.0476. The summed E-state index contributed by atoms with van der Waals surface area (Å²) in [7, 11) is 0. The Labute approximate surface area is 144 Å². The van der Waals surface area contributed by atoms with E-state index in [2.05, 4.69) is 0 Å². The summed E-state index contributed by atoms with van der Waals surface area (Å²) in [6.45, 7) is 0.152. The molecule has 0 saturated heterocycles. The van der Waals surface area contributed by atoms with Crippen LogP contribution in [0.4, 0.5) is 4.39 Å². The monoisotopic (exact) mass is 331 g/mol. The van der Waals surface area contributed by atoms with Crippen molar-refractivity contribution in [2.45, 2.75) is 6.54 Å². The second-order valence-corrected chi connectivity index (χ2v) is 5.91. The number of carbonyl (C=O) groups is 2. The molecule has 3 nitrogen and oxygen atoms in total. The zero-order valence-electron chi connectivity index (χ0n) is 13.3. The molecular weight excluding hydrogens is 317 g/mol. The lowest BCUT2D eigenvalue weighted by molar-refractivity contribution is 0.0606. The fourth-order valence-electron chi connectivity index (χ4n) is 3.15. The maximum atomic E-state index is 13.5. The van der Waals surface area contributed by atoms with Gasteiger partial charge in [-0.15, -0.1) is 0 Å². The Bertz CT molecular complexity index is 996. The van der Waals surface area contributed by atoms with Crippen molar-refractivity contribution >= 4 is 11.8 Å². The lowest BCUT2D eigenvalue weighted by Crippen LogP contribution is -2.35. The largest absolute Gasteiger partial charge is 0.270 e. The maximum absolute atomic E-state index is 13.5. The Balaban J connectivity index is 1.86. The molecule has 0 aromatic heterocycles. The smallest absolute Gasteiger partial charge is 0.261 e. The summed E-state index contributed by atoms with van der Waals surface area (Å²) in [5.74, 6) is -1.38. The van der Waals surface area contributed by atoms with Gasteiger partial charge in [-0.3, -0.25) is 14.5 Å². The molecule has 0 saturated carbocycles. The van der Waals surface area contributed by atoms with Crippen LogP contribution in [0, 0.1) is 5.82 Å². The molecular formula is C21H14FNO2. The van der Waals surface area contributed by atoms with E-state index in [0.717, 1.165) is 22.8 Å². The second kappa shape index (κ2) is 5.98. The summed E-state index contributed by atoms with van der Waals surface area (Å²) in [6.07, 6.45) is 0. The van der Waals surface area contributed by atoms with Crippen LogP contribution in [0.15, 0.2) is 72.8 Å². The van der Waals surface area contributed by atoms with Crippen molar-refractivity contribution in [3.8, 4) is 11.1 Å². The molecule has 0 bridgehead atoms. The van der Waals surface area contributed by atoms with E-state index in [-0.39, 0.29) is 18.0 Å². The highest BCUT2D eigenvalue weighted by molar-refractivity contribution is 6.13. The minimum atomic E-state index is -0.506. The lowest BCUT2D eigenvalue weighted by Gasteiger charge is -2.19. The van der Waals surface area contributed by atoms with Crippen LogP contribution in [0.25, 0.3) is 11.1 Å². The number of amides is 2. The Morgan fingerprint density at radius 1 is 0.840 bits per heavy atom. The maximum Gasteiger partial charge on any atom is 0.261 e. The SMILES string of the molecule is O=C(c1cccc(F)c1)N1Cc2ccccc2-c2ccccc2C1=O. The first kappa shape index (κ1) is 15.3. The first-order chi connectivity index (χ1) is 12.1. The van der Waals surface area contributed by atoms with Gasteiger partial charge in [-0.1, -0.05) is 48.5 Å². The predicted molar refractivity (Wildman–Crippen MR) is 92.5 cm³/mol. The highest BCUT2D eigenvalue weighted by atomic mass is 19.1. The highest BCUT2D eigenvalue weighted by Gasteiger charge is 2.30. The molecule has 4 heteroatoms. The quantitative estimate of drug-likeness (QED) is 0.624. The van der Waals surface area contributed by atoms with Gasteiger partial charge in [0.2, 0.25) is 0 Å². The van der Waals surface area contributed by atoms with E-state index < -0.39 is 11.7 Å². The van der Waals surface area contributed by atoms with Crippen LogP contribution < -0.4 is 0 Å². The standard InChI is InChI=1S/C21H14FNO2/c22-16-8-5-7-14(12-16)20(24)23-13-15-6-1-2-9-17(15)18-10-3-4-11-19(18)21(23)25/h1-12H,13H2. The summed E-state index contributed by atoms with van der Waals surface area (Å²) < 4.78 is 13.5. The average Bonchev–Trinajstić information content (AvgIpc) is 2.77. The zero-order chi connectivity index (χ0) is 17.4. The van der Waals surface area contributed by atoms with Crippen molar-refractivity contribution in [2.24, 2.45) is 0 Å². The van der Waals surface area contributed by atoms with Crippen LogP contribution in [-0.2, 0) is 6.54 Å². The van der Waals surface area contributed by atoms with Crippen molar-refractivity contribution in [2.75, 3.05) is 0 Å². The summed E-state index contributed by atoms with van der Waals surface area (Å²) in [6, 6.07) is 20.3. The Morgan fingerprint density at radius 2 is 1.52 bits per heavy atom. The van der Waals surface area contributed by atoms with Gasteiger partial charge in [-0.05, 0) is 41.0 Å². The summed E-state index contributed by atoms with van der Waals surface area (Å²) in [5, 5.41) is 0. The fourth-order valence-corrected chi connectivity index (χ4v) is 3.15. The molecule has 0 N–H and O–H groups in total. The van der Waals surface area contributed by atoms with Gasteiger partial charge in [0.1, 0.15) is 5.82 Å². The van der Waals surface area contributed by atoms with Crippen LogP contribution in [0.3, 0.4) is 0 Å². The zero-order valence-corrected chi connectivity index (χ0v) is 13.3. The van der Waals surface area contributed by atoms with E-state index in [0.29, 0.717) is 5.56 Å². The Hall–Kier alpha value is -3.27. The average molecular weight is 331 g/mol. The number of hydrogen-bond acceptors (Lipinski definition) is 2. The molecule has 4 rings (SSSR count). The van der Waals surface area contributed by atoms with Gasteiger partial charge in [0.25, 0.3) is 11.8 Å². The molecule has 3 aromatic rings. The first-order valence-corrected chi connectivity index (χ1v) is 7.94. The van der Waals surface area contributed by atoms with Crippen LogP contribution in [0.5, 0.6) is 0 Å². The summed E-state index contributed by atoms with van der Waals surface area (Å²) >= 11 is 0. The van der Waals surface area contributed by atoms with Gasteiger partial charge >= 0.3 is 0 Å². The molecule has 0 aliphatic carbocycles. The van der Waals surface area contributed by atoms with Gasteiger partial charge < -0.3 is 0 Å². The molecule has 0 radical (unpaired) electrons. The van der Waals surface area contributed by atoms with Crippen LogP contribution in [-0.4, -0.2) is 16.7 Å². The molecule has 0 atom stereocenters. The van der Waals surface area contributed by atoms with E-state index in [9.17, 15) is 14.0 Å². The number of benzene rings is 3. The van der Waals surface area contributed by atoms with Gasteiger partial charge in [-0.25, -0.2) is 4.39 Å². The van der Waals surface area contributed by atoms with Crippen LogP contribution in [0.2, 0.25) is 0 Å². The Morgan fingerprint density at radius 3 is 2.28 bits per heavy atom. The number of carbonyl (C=O) groups excluding carboxylic acids is 2. The van der Waals surface area contributed by atoms with Gasteiger partial charge in [0, 0.05) is 11.1 Å². The van der Waals surface area contributed by atoms with Gasteiger partial charge in [-0.2, -0.15) is 0 Å². The van der Waals surface area contributed by atoms with Gasteiger partial charge in [0.15, 0.2) is 0 Å². The van der Waals surface area contributed by atoms with E-state index in [1.807, 2.05) is 36.4 Å². The van der Waals surface area contributed by atoms with Crippen LogP contribution >= 0.6 is 0 Å². The number of rotatable bonds is 1. The third-order valence-corrected chi connectivity index (χ3v) is 4.36. The third-order valence-electron chi connectivity index (χ3n) is 4.36. The van der Waals surface area contributed by atoms with Gasteiger partial charge in [0.05, 0.1) is 6.54 Å². The molecule has 3 aromatic carbocycles. The predicted octanol–water partition coefficient (Wildman–Crippen LogP) is 4.29. The van der Waals surface area contributed by atoms with Crippen molar-refractivity contribution in [1.82, 2.24) is 4.90 Å². The number of halogens is 1. The van der Waals surface area contributed by atoms with Crippen molar-refractivity contribution in [3.05, 3.63) is 95.3 Å². The minimum absolute atomic E-state index is 0.152. The van der Waals surface area contributed by atoms with Crippen molar-refractivity contribution < 1.29 is 14.0 Å². The molecule has 1 aliphatic heterocycles. The topological polar surface area (TPSA) is 37.4 Å². The lowest BCUT2D eigenvalue weighted by atomic mass is 9.97. The third kappa shape index (κ3) is 2.62. The van der Waals surface area contributed by atoms with Crippen molar-refractivity contribution in [3.63, 3.8) is 0 Å². The van der Waals surface area contributed by atoms with E-state index >= 15 is 0 Å². The summed E-state index contributed by atoms with van der Waals surface area (Å²) in [5.41, 5.74) is 3.24. The number of nitrogens with zero attached hydrogens (tertiary/aromatic N) is 1. The molecule has 0 spiro atoms. The molecule has 0 unspecified atom stereocenters.